The van der Waals surface area contributed by atoms with Crippen LogP contribution in [0.15, 0.2) is 18.2 Å². The van der Waals surface area contributed by atoms with E-state index < -0.39 is 5.60 Å². The maximum absolute atomic E-state index is 12.5. The lowest BCUT2D eigenvalue weighted by molar-refractivity contribution is -0.385. The average Bonchev–Trinajstić information content (AvgIpc) is 2.43. The summed E-state index contributed by atoms with van der Waals surface area (Å²) in [4.78, 5) is 27.2. The Hall–Kier alpha value is -2.15. The first-order valence-electron chi connectivity index (χ1n) is 8.95. The van der Waals surface area contributed by atoms with Crippen LogP contribution < -0.4 is 0 Å². The van der Waals surface area contributed by atoms with Crippen LogP contribution in [0.4, 0.5) is 10.5 Å². The van der Waals surface area contributed by atoms with Crippen LogP contribution in [-0.2, 0) is 11.3 Å². The second-order valence-electron chi connectivity index (χ2n) is 8.21. The van der Waals surface area contributed by atoms with Crippen LogP contribution in [-0.4, -0.2) is 51.6 Å². The number of rotatable bonds is 3. The van der Waals surface area contributed by atoms with Crippen molar-refractivity contribution in [1.29, 1.82) is 0 Å². The molecular formula is C19H29N3O4. The number of hydrogen-bond donors (Lipinski definition) is 0. The number of carbonyl (C=O) groups is 1. The van der Waals surface area contributed by atoms with Crippen LogP contribution in [0.2, 0.25) is 0 Å². The van der Waals surface area contributed by atoms with Gasteiger partial charge in [0.15, 0.2) is 0 Å². The van der Waals surface area contributed by atoms with Gasteiger partial charge in [-0.25, -0.2) is 4.79 Å². The van der Waals surface area contributed by atoms with Gasteiger partial charge in [-0.15, -0.1) is 0 Å². The van der Waals surface area contributed by atoms with Gasteiger partial charge in [0.05, 0.1) is 4.92 Å². The Balaban J connectivity index is 2.07. The summed E-state index contributed by atoms with van der Waals surface area (Å²) in [6.07, 6.45) is -0.289. The smallest absolute Gasteiger partial charge is 0.410 e. The highest BCUT2D eigenvalue weighted by molar-refractivity contribution is 5.69. The lowest BCUT2D eigenvalue weighted by atomic mass is 10.1. The van der Waals surface area contributed by atoms with Crippen molar-refractivity contribution in [2.75, 3.05) is 13.1 Å². The number of hydrogen-bond acceptors (Lipinski definition) is 5. The zero-order chi connectivity index (χ0) is 19.6. The number of nitro benzene ring substituents is 1. The molecule has 1 aromatic rings. The van der Waals surface area contributed by atoms with Gasteiger partial charge in [-0.3, -0.25) is 15.0 Å². The molecule has 0 radical (unpaired) electrons. The van der Waals surface area contributed by atoms with Crippen molar-refractivity contribution in [3.63, 3.8) is 0 Å². The Morgan fingerprint density at radius 2 is 1.81 bits per heavy atom. The number of carbonyl (C=O) groups excluding carboxylic acids is 1. The number of piperazine rings is 1. The van der Waals surface area contributed by atoms with Crippen molar-refractivity contribution in [3.8, 4) is 0 Å². The zero-order valence-electron chi connectivity index (χ0n) is 16.5. The molecule has 0 unspecified atom stereocenters. The number of ether oxygens (including phenoxy) is 1. The normalized spacial score (nSPS) is 21.5. The number of benzene rings is 1. The van der Waals surface area contributed by atoms with Crippen molar-refractivity contribution >= 4 is 11.8 Å². The average molecular weight is 363 g/mol. The van der Waals surface area contributed by atoms with Crippen LogP contribution in [0.3, 0.4) is 0 Å². The highest BCUT2D eigenvalue weighted by Crippen LogP contribution is 2.23. The summed E-state index contributed by atoms with van der Waals surface area (Å²) in [6, 6.07) is 5.20. The van der Waals surface area contributed by atoms with Crippen molar-refractivity contribution in [2.45, 2.75) is 65.8 Å². The minimum Gasteiger partial charge on any atom is -0.444 e. The number of aryl methyl sites for hydroxylation is 1. The molecule has 1 aliphatic rings. The fourth-order valence-corrected chi connectivity index (χ4v) is 3.53. The SMILES string of the molecule is Cc1cc(CN2C[C@@H](C)N(C(=O)OC(C)(C)C)[C@@H](C)C2)cc([N+](=O)[O-])c1. The topological polar surface area (TPSA) is 75.9 Å². The maximum atomic E-state index is 12.5. The van der Waals surface area contributed by atoms with Crippen molar-refractivity contribution < 1.29 is 14.5 Å². The zero-order valence-corrected chi connectivity index (χ0v) is 16.5. The number of non-ortho nitro benzene ring substituents is 1. The van der Waals surface area contributed by atoms with Gasteiger partial charge in [0, 0.05) is 43.9 Å². The number of nitrogens with zero attached hydrogens (tertiary/aromatic N) is 3. The molecule has 7 heteroatoms. The summed E-state index contributed by atoms with van der Waals surface area (Å²) in [5, 5.41) is 11.1. The molecule has 0 bridgehead atoms. The van der Waals surface area contributed by atoms with Crippen molar-refractivity contribution in [1.82, 2.24) is 9.80 Å². The van der Waals surface area contributed by atoms with Crippen LogP contribution in [0.5, 0.6) is 0 Å². The minimum atomic E-state index is -0.520. The van der Waals surface area contributed by atoms with Crippen molar-refractivity contribution in [3.05, 3.63) is 39.4 Å². The van der Waals surface area contributed by atoms with E-state index in [1.165, 1.54) is 0 Å². The molecule has 2 rings (SSSR count). The van der Waals surface area contributed by atoms with Crippen LogP contribution in [0.1, 0.15) is 45.7 Å². The third-order valence-electron chi connectivity index (χ3n) is 4.34. The van der Waals surface area contributed by atoms with E-state index in [0.29, 0.717) is 19.6 Å². The summed E-state index contributed by atoms with van der Waals surface area (Å²) >= 11 is 0. The summed E-state index contributed by atoms with van der Waals surface area (Å²) in [5.74, 6) is 0. The van der Waals surface area contributed by atoms with Crippen LogP contribution >= 0.6 is 0 Å². The summed E-state index contributed by atoms with van der Waals surface area (Å²) in [7, 11) is 0. The number of nitro groups is 1. The van der Waals surface area contributed by atoms with Gasteiger partial charge in [-0.05, 0) is 52.7 Å². The molecule has 1 aliphatic heterocycles. The summed E-state index contributed by atoms with van der Waals surface area (Å²) in [6.45, 7) is 13.5. The molecule has 1 aromatic carbocycles. The molecule has 7 nitrogen and oxygen atoms in total. The third-order valence-corrected chi connectivity index (χ3v) is 4.34. The van der Waals surface area contributed by atoms with Crippen molar-refractivity contribution in [2.24, 2.45) is 0 Å². The van der Waals surface area contributed by atoms with Gasteiger partial charge in [0.25, 0.3) is 5.69 Å². The fourth-order valence-electron chi connectivity index (χ4n) is 3.53. The molecule has 1 heterocycles. The van der Waals surface area contributed by atoms with Crippen LogP contribution in [0, 0.1) is 17.0 Å². The molecule has 0 N–H and O–H groups in total. The Morgan fingerprint density at radius 1 is 1.23 bits per heavy atom. The quantitative estimate of drug-likeness (QED) is 0.604. The maximum Gasteiger partial charge on any atom is 0.410 e. The predicted molar refractivity (Wildman–Crippen MR) is 100 cm³/mol. The molecule has 1 amide bonds. The van der Waals surface area contributed by atoms with E-state index in [4.69, 9.17) is 4.74 Å². The van der Waals surface area contributed by atoms with Crippen LogP contribution in [0.25, 0.3) is 0 Å². The first kappa shape index (κ1) is 20.2. The molecule has 0 aromatic heterocycles. The predicted octanol–water partition coefficient (Wildman–Crippen LogP) is 3.73. The van der Waals surface area contributed by atoms with E-state index in [1.54, 1.807) is 17.0 Å². The lowest BCUT2D eigenvalue weighted by Gasteiger charge is -2.44. The van der Waals surface area contributed by atoms with E-state index in [-0.39, 0.29) is 28.8 Å². The Kier molecular flexibility index (Phi) is 5.91. The Morgan fingerprint density at radius 3 is 2.31 bits per heavy atom. The van der Waals surface area contributed by atoms with Gasteiger partial charge in [-0.2, -0.15) is 0 Å². The first-order valence-corrected chi connectivity index (χ1v) is 8.95. The molecule has 0 saturated carbocycles. The lowest BCUT2D eigenvalue weighted by Crippen LogP contribution is -2.59. The van der Waals surface area contributed by atoms with Gasteiger partial charge in [0.1, 0.15) is 5.60 Å². The molecule has 0 aliphatic carbocycles. The summed E-state index contributed by atoms with van der Waals surface area (Å²) in [5.41, 5.74) is 1.40. The second-order valence-corrected chi connectivity index (χ2v) is 8.21. The van der Waals surface area contributed by atoms with Gasteiger partial charge in [0.2, 0.25) is 0 Å². The van der Waals surface area contributed by atoms with E-state index in [9.17, 15) is 14.9 Å². The fraction of sp³-hybridized carbons (Fsp3) is 0.632. The monoisotopic (exact) mass is 363 g/mol. The Labute approximate surface area is 155 Å². The highest BCUT2D eigenvalue weighted by atomic mass is 16.6. The standard InChI is InChI=1S/C19H29N3O4/c1-13-7-16(9-17(8-13)22(24)25)12-20-10-14(2)21(15(3)11-20)18(23)26-19(4,5)6/h7-9,14-15H,10-12H2,1-6H3/t14-,15+. The summed E-state index contributed by atoms with van der Waals surface area (Å²) < 4.78 is 5.52. The largest absolute Gasteiger partial charge is 0.444 e. The van der Waals surface area contributed by atoms with E-state index >= 15 is 0 Å². The van der Waals surface area contributed by atoms with Gasteiger partial charge < -0.3 is 9.64 Å². The second kappa shape index (κ2) is 7.61. The van der Waals surface area contributed by atoms with E-state index in [2.05, 4.69) is 4.90 Å². The highest BCUT2D eigenvalue weighted by Gasteiger charge is 2.35. The first-order chi connectivity index (χ1) is 12.0. The third kappa shape index (κ3) is 5.17. The molecule has 26 heavy (non-hydrogen) atoms. The van der Waals surface area contributed by atoms with E-state index in [0.717, 1.165) is 11.1 Å². The van der Waals surface area contributed by atoms with E-state index in [1.807, 2.05) is 47.6 Å². The molecule has 1 fully saturated rings. The Bertz CT molecular complexity index is 672. The molecule has 0 spiro atoms. The van der Waals surface area contributed by atoms with Gasteiger partial charge >= 0.3 is 6.09 Å². The minimum absolute atomic E-state index is 0.00777. The molecule has 144 valence electrons. The van der Waals surface area contributed by atoms with Gasteiger partial charge in [-0.1, -0.05) is 6.07 Å². The number of amides is 1. The molecule has 1 saturated heterocycles. The molecular weight excluding hydrogens is 334 g/mol. The molecule has 2 atom stereocenters.